The van der Waals surface area contributed by atoms with E-state index in [-0.39, 0.29) is 12.2 Å². The lowest BCUT2D eigenvalue weighted by atomic mass is 10.1. The topological polar surface area (TPSA) is 49.9 Å². The van der Waals surface area contributed by atoms with Gasteiger partial charge in [-0.1, -0.05) is 0 Å². The zero-order valence-corrected chi connectivity index (χ0v) is 11.3. The highest BCUT2D eigenvalue weighted by molar-refractivity contribution is 6.52. The molecule has 1 amide bonds. The number of morpholine rings is 1. The first-order valence-corrected chi connectivity index (χ1v) is 6.74. The van der Waals surface area contributed by atoms with Gasteiger partial charge in [-0.15, -0.1) is 0 Å². The summed E-state index contributed by atoms with van der Waals surface area (Å²) >= 11 is 0. The summed E-state index contributed by atoms with van der Waals surface area (Å²) < 4.78 is 32.8. The van der Waals surface area contributed by atoms with Crippen molar-refractivity contribution in [3.05, 3.63) is 29.3 Å². The van der Waals surface area contributed by atoms with Crippen molar-refractivity contribution in [1.82, 2.24) is 4.90 Å². The van der Waals surface area contributed by atoms with Crippen molar-refractivity contribution in [1.29, 1.82) is 0 Å². The van der Waals surface area contributed by atoms with Crippen molar-refractivity contribution in [2.45, 2.75) is 0 Å². The number of nitrogens with zero attached hydrogens (tertiary/aromatic N) is 2. The molecule has 1 saturated heterocycles. The second kappa shape index (κ2) is 5.50. The highest BCUT2D eigenvalue weighted by atomic mass is 19.1. The molecule has 0 N–H and O–H groups in total. The summed E-state index contributed by atoms with van der Waals surface area (Å²) in [6.07, 6.45) is 0. The Labute approximate surface area is 120 Å². The van der Waals surface area contributed by atoms with Crippen LogP contribution < -0.4 is 4.90 Å². The minimum Gasteiger partial charge on any atom is -0.379 e. The van der Waals surface area contributed by atoms with Crippen LogP contribution in [0.25, 0.3) is 0 Å². The number of amides is 1. The molecule has 21 heavy (non-hydrogen) atoms. The van der Waals surface area contributed by atoms with E-state index in [1.807, 2.05) is 0 Å². The number of benzene rings is 1. The van der Waals surface area contributed by atoms with Crippen molar-refractivity contribution < 1.29 is 23.1 Å². The molecule has 1 aromatic carbocycles. The van der Waals surface area contributed by atoms with Gasteiger partial charge in [0.05, 0.1) is 24.5 Å². The van der Waals surface area contributed by atoms with Gasteiger partial charge in [-0.2, -0.15) is 0 Å². The number of hydrogen-bond acceptors (Lipinski definition) is 4. The van der Waals surface area contributed by atoms with Crippen LogP contribution in [0.3, 0.4) is 0 Å². The number of rotatable bonds is 3. The third kappa shape index (κ3) is 2.43. The van der Waals surface area contributed by atoms with Crippen LogP contribution in [0.5, 0.6) is 0 Å². The Kier molecular flexibility index (Phi) is 3.69. The summed E-state index contributed by atoms with van der Waals surface area (Å²) in [5.74, 6) is -3.47. The van der Waals surface area contributed by atoms with Crippen LogP contribution in [0.2, 0.25) is 0 Å². The summed E-state index contributed by atoms with van der Waals surface area (Å²) in [6.45, 7) is 3.28. The molecule has 0 aromatic heterocycles. The summed E-state index contributed by atoms with van der Waals surface area (Å²) in [5, 5.41) is 0. The first-order valence-electron chi connectivity index (χ1n) is 6.74. The SMILES string of the molecule is O=C1C(=O)N(CCN2CCOCC2)c2c(F)ccc(F)c21. The molecule has 0 unspecified atom stereocenters. The largest absolute Gasteiger partial charge is 0.379 e. The molecular weight excluding hydrogens is 282 g/mol. The van der Waals surface area contributed by atoms with Crippen LogP contribution in [0, 0.1) is 11.6 Å². The fraction of sp³-hybridized carbons (Fsp3) is 0.429. The van der Waals surface area contributed by atoms with Gasteiger partial charge in [0.25, 0.3) is 11.7 Å². The smallest absolute Gasteiger partial charge is 0.299 e. The fourth-order valence-corrected chi connectivity index (χ4v) is 2.63. The zero-order chi connectivity index (χ0) is 15.0. The lowest BCUT2D eigenvalue weighted by Crippen LogP contribution is -2.43. The molecule has 5 nitrogen and oxygen atoms in total. The van der Waals surface area contributed by atoms with E-state index in [0.29, 0.717) is 32.8 Å². The molecule has 1 fully saturated rings. The molecule has 2 heterocycles. The normalized spacial score (nSPS) is 19.2. The first kappa shape index (κ1) is 14.1. The van der Waals surface area contributed by atoms with Gasteiger partial charge in [-0.25, -0.2) is 8.78 Å². The van der Waals surface area contributed by atoms with E-state index >= 15 is 0 Å². The minimum absolute atomic E-state index is 0.151. The van der Waals surface area contributed by atoms with Crippen molar-refractivity contribution in [3.8, 4) is 0 Å². The molecule has 112 valence electrons. The zero-order valence-electron chi connectivity index (χ0n) is 11.3. The van der Waals surface area contributed by atoms with Gasteiger partial charge in [-0.05, 0) is 12.1 Å². The molecule has 0 bridgehead atoms. The average Bonchev–Trinajstić information content (AvgIpc) is 2.75. The van der Waals surface area contributed by atoms with E-state index in [2.05, 4.69) is 4.90 Å². The molecule has 7 heteroatoms. The van der Waals surface area contributed by atoms with Crippen LogP contribution in [0.15, 0.2) is 12.1 Å². The Balaban J connectivity index is 1.82. The summed E-state index contributed by atoms with van der Waals surface area (Å²) in [7, 11) is 0. The molecule has 0 radical (unpaired) electrons. The number of halogens is 2. The van der Waals surface area contributed by atoms with Crippen LogP contribution in [-0.4, -0.2) is 56.0 Å². The maximum atomic E-state index is 13.9. The number of Topliss-reactive ketones (excluding diaryl/α,β-unsaturated/α-hetero) is 1. The third-order valence-corrected chi connectivity index (χ3v) is 3.76. The van der Waals surface area contributed by atoms with Gasteiger partial charge in [-0.3, -0.25) is 14.5 Å². The highest BCUT2D eigenvalue weighted by Crippen LogP contribution is 2.33. The predicted molar refractivity (Wildman–Crippen MR) is 70.3 cm³/mol. The lowest BCUT2D eigenvalue weighted by molar-refractivity contribution is -0.114. The maximum Gasteiger partial charge on any atom is 0.299 e. The second-order valence-electron chi connectivity index (χ2n) is 4.99. The Hall–Kier alpha value is -1.86. The quantitative estimate of drug-likeness (QED) is 0.775. The van der Waals surface area contributed by atoms with E-state index in [0.717, 1.165) is 17.0 Å². The van der Waals surface area contributed by atoms with Gasteiger partial charge in [0.2, 0.25) is 0 Å². The van der Waals surface area contributed by atoms with E-state index in [1.54, 1.807) is 0 Å². The molecule has 0 saturated carbocycles. The number of ketones is 1. The monoisotopic (exact) mass is 296 g/mol. The second-order valence-corrected chi connectivity index (χ2v) is 4.99. The van der Waals surface area contributed by atoms with Gasteiger partial charge in [0.15, 0.2) is 0 Å². The van der Waals surface area contributed by atoms with Crippen molar-refractivity contribution >= 4 is 17.4 Å². The van der Waals surface area contributed by atoms with Crippen LogP contribution in [0.1, 0.15) is 10.4 Å². The standard InChI is InChI=1S/C14H14F2N2O3/c15-9-1-2-10(16)12-11(9)13(19)14(20)18(12)4-3-17-5-7-21-8-6-17/h1-2H,3-8H2. The highest BCUT2D eigenvalue weighted by Gasteiger charge is 2.40. The molecule has 0 atom stereocenters. The summed E-state index contributed by atoms with van der Waals surface area (Å²) in [6, 6.07) is 1.80. The predicted octanol–water partition coefficient (Wildman–Crippen LogP) is 0.826. The van der Waals surface area contributed by atoms with Crippen molar-refractivity contribution in [3.63, 3.8) is 0 Å². The van der Waals surface area contributed by atoms with E-state index < -0.39 is 28.9 Å². The number of carbonyl (C=O) groups excluding carboxylic acids is 2. The number of fused-ring (bicyclic) bond motifs is 1. The van der Waals surface area contributed by atoms with Crippen LogP contribution in [-0.2, 0) is 9.53 Å². The van der Waals surface area contributed by atoms with E-state index in [9.17, 15) is 18.4 Å². The van der Waals surface area contributed by atoms with Gasteiger partial charge in [0.1, 0.15) is 11.6 Å². The van der Waals surface area contributed by atoms with Crippen LogP contribution in [0.4, 0.5) is 14.5 Å². The van der Waals surface area contributed by atoms with Gasteiger partial charge >= 0.3 is 0 Å². The van der Waals surface area contributed by atoms with Gasteiger partial charge < -0.3 is 9.64 Å². The summed E-state index contributed by atoms with van der Waals surface area (Å²) in [5.41, 5.74) is -0.694. The van der Waals surface area contributed by atoms with Crippen LogP contribution >= 0.6 is 0 Å². The Morgan fingerprint density at radius 1 is 1.05 bits per heavy atom. The molecule has 0 spiro atoms. The Morgan fingerprint density at radius 3 is 2.43 bits per heavy atom. The van der Waals surface area contributed by atoms with Crippen molar-refractivity contribution in [2.24, 2.45) is 0 Å². The number of anilines is 1. The molecular formula is C14H14F2N2O3. The maximum absolute atomic E-state index is 13.9. The molecule has 2 aliphatic heterocycles. The molecule has 1 aromatic rings. The Bertz CT molecular complexity index is 600. The molecule has 3 rings (SSSR count). The lowest BCUT2D eigenvalue weighted by Gasteiger charge is -2.28. The summed E-state index contributed by atoms with van der Waals surface area (Å²) in [4.78, 5) is 26.8. The fourth-order valence-electron chi connectivity index (χ4n) is 2.63. The van der Waals surface area contributed by atoms with Gasteiger partial charge in [0, 0.05) is 26.2 Å². The average molecular weight is 296 g/mol. The molecule has 0 aliphatic carbocycles. The third-order valence-electron chi connectivity index (χ3n) is 3.76. The van der Waals surface area contributed by atoms with E-state index in [4.69, 9.17) is 4.74 Å². The van der Waals surface area contributed by atoms with Crippen molar-refractivity contribution in [2.75, 3.05) is 44.3 Å². The molecule has 2 aliphatic rings. The minimum atomic E-state index is -0.982. The Morgan fingerprint density at radius 2 is 1.71 bits per heavy atom. The number of ether oxygens (including phenoxy) is 1. The first-order chi connectivity index (χ1) is 10.1. The van der Waals surface area contributed by atoms with E-state index in [1.165, 1.54) is 0 Å². The number of hydrogen-bond donors (Lipinski definition) is 0. The number of carbonyl (C=O) groups is 2.